The summed E-state index contributed by atoms with van der Waals surface area (Å²) in [6.07, 6.45) is 4.13. The molecule has 7 aromatic carbocycles. The Labute approximate surface area is 716 Å². The number of nitro groups is 2. The van der Waals surface area contributed by atoms with E-state index in [1.54, 1.807) is 75.6 Å². The molecule has 1 fully saturated rings. The van der Waals surface area contributed by atoms with E-state index in [9.17, 15) is 52.6 Å². The molecule has 40 heteroatoms. The molecule has 4 amide bonds. The van der Waals surface area contributed by atoms with Gasteiger partial charge in [0.2, 0.25) is 5.95 Å². The molecule has 0 unspecified atom stereocenters. The fourth-order valence-electron chi connectivity index (χ4n) is 9.74. The summed E-state index contributed by atoms with van der Waals surface area (Å²) in [6, 6.07) is 46.0. The number of amides is 4. The second kappa shape index (κ2) is 47.6. The molecular formula is C81H81Cl4F3N18O14S. The number of nitrogens with zero attached hydrogens (tertiary/aromatic N) is 7. The van der Waals surface area contributed by atoms with Crippen LogP contribution in [-0.2, 0) is 10.9 Å². The predicted octanol–water partition coefficient (Wildman–Crippen LogP) is 17.2. The number of aliphatic hydroxyl groups excluding tert-OH is 1. The number of hydrogen-bond donors (Lipinski definition) is 13. The third-order valence-electron chi connectivity index (χ3n) is 15.7. The number of nitrogens with one attached hydrogen (secondary N) is 8. The van der Waals surface area contributed by atoms with Crippen molar-refractivity contribution in [3.05, 3.63) is 286 Å². The Morgan fingerprint density at radius 1 is 0.512 bits per heavy atom. The molecule has 0 saturated carbocycles. The number of nitrogens with two attached hydrogens (primary N) is 3. The predicted molar refractivity (Wildman–Crippen MR) is 464 cm³/mol. The Hall–Kier alpha value is -13.8. The quantitative estimate of drug-likeness (QED) is 0.0140. The molecule has 0 atom stereocenters. The number of H-pyrrole nitrogens is 1. The number of fused-ring (bicyclic) bond motifs is 1. The maximum absolute atomic E-state index is 12.1. The fourth-order valence-corrected chi connectivity index (χ4v) is 10.6. The van der Waals surface area contributed by atoms with Gasteiger partial charge >= 0.3 is 6.18 Å². The first-order chi connectivity index (χ1) is 57.6. The van der Waals surface area contributed by atoms with Crippen LogP contribution in [0.2, 0.25) is 20.1 Å². The zero-order valence-corrected chi connectivity index (χ0v) is 69.4. The summed E-state index contributed by atoms with van der Waals surface area (Å²) in [5.74, 6) is 2.00. The van der Waals surface area contributed by atoms with Crippen molar-refractivity contribution in [3.63, 3.8) is 0 Å². The number of ether oxygens (including phenoxy) is 4. The summed E-state index contributed by atoms with van der Waals surface area (Å²) < 4.78 is 58.5. The number of carbonyl (C=O) groups is 4. The third-order valence-corrected chi connectivity index (χ3v) is 17.3. The zero-order valence-electron chi connectivity index (χ0n) is 65.6. The molecule has 16 N–H and O–H groups in total. The Balaban J connectivity index is 0.000000231. The van der Waals surface area contributed by atoms with Gasteiger partial charge in [-0.2, -0.15) is 13.2 Å². The lowest BCUT2D eigenvalue weighted by Crippen LogP contribution is -2.19. The van der Waals surface area contributed by atoms with Crippen molar-refractivity contribution in [1.82, 2.24) is 51.2 Å². The number of hydrogen-bond acceptors (Lipinski definition) is 24. The van der Waals surface area contributed by atoms with E-state index in [1.165, 1.54) is 112 Å². The topological polar surface area (TPSA) is 474 Å². The first-order valence-electron chi connectivity index (χ1n) is 35.4. The molecule has 0 bridgehead atoms. The summed E-state index contributed by atoms with van der Waals surface area (Å²) >= 11 is 28.5. The number of nitrogen functional groups attached to an aromatic ring is 3. The number of aromatic nitrogens is 6. The van der Waals surface area contributed by atoms with E-state index >= 15 is 0 Å². The number of anilines is 7. The normalized spacial score (nSPS) is 10.7. The lowest BCUT2D eigenvalue weighted by atomic mass is 10.1. The molecule has 634 valence electrons. The molecule has 0 radical (unpaired) electrons. The van der Waals surface area contributed by atoms with Crippen molar-refractivity contribution in [2.45, 2.75) is 39.8 Å². The van der Waals surface area contributed by atoms with Crippen LogP contribution in [0.1, 0.15) is 77.0 Å². The minimum Gasteiger partial charge on any atom is -0.508 e. The number of aliphatic hydroxyl groups is 1. The summed E-state index contributed by atoms with van der Waals surface area (Å²) in [5, 5.41) is 58.2. The SMILES string of the molecule is C1CCOC1.CNC(=O)c1cc(Cl)ccn1.CNC(=O)c1cc(Oc2ccc(N)c([N+](=O)[O-])c2)ccn1.CNC(=O)c1cc(Oc2ccc(NC(=S)Nc3ccc(Cl)c(C)c3)c(N)c2)ccn1.CNC(=O)c1cc(Oc2ccc3nc(Nc4ccc(Cl)c(C)c4)[nH]c3c2)ccn1.CO.Cc1ccc(Cl)c(C(F)(F)F)c1.Nc1ccc(O)cc1[N+](=O)[O-]. The van der Waals surface area contributed by atoms with Crippen LogP contribution in [0.4, 0.5) is 64.6 Å². The van der Waals surface area contributed by atoms with Crippen LogP contribution in [0.3, 0.4) is 0 Å². The first-order valence-corrected chi connectivity index (χ1v) is 37.4. The first kappa shape index (κ1) is 96.1. The van der Waals surface area contributed by atoms with Gasteiger partial charge in [0.05, 0.1) is 55.0 Å². The maximum Gasteiger partial charge on any atom is 0.417 e. The number of aromatic hydroxyl groups is 1. The summed E-state index contributed by atoms with van der Waals surface area (Å²) in [6.45, 7) is 7.46. The molecule has 1 aliphatic heterocycles. The van der Waals surface area contributed by atoms with Crippen molar-refractivity contribution < 1.29 is 71.4 Å². The molecule has 6 heterocycles. The number of phenolic OH excluding ortho intramolecular Hbond substituents is 1. The highest BCUT2D eigenvalue weighted by molar-refractivity contribution is 7.80. The highest BCUT2D eigenvalue weighted by atomic mass is 35.5. The Morgan fingerprint density at radius 3 is 1.39 bits per heavy atom. The molecule has 13 rings (SSSR count). The number of imidazole rings is 1. The minimum absolute atomic E-state index is 0.0489. The maximum atomic E-state index is 12.1. The van der Waals surface area contributed by atoms with Gasteiger partial charge in [-0.25, -0.2) is 4.98 Å². The molecule has 0 aliphatic carbocycles. The average Bonchev–Trinajstić information content (AvgIpc) is 1.69. The lowest BCUT2D eigenvalue weighted by molar-refractivity contribution is -0.384. The minimum atomic E-state index is -4.36. The van der Waals surface area contributed by atoms with Crippen LogP contribution < -0.4 is 68.6 Å². The second-order valence-electron chi connectivity index (χ2n) is 24.5. The van der Waals surface area contributed by atoms with Gasteiger partial charge in [-0.3, -0.25) is 59.3 Å². The lowest BCUT2D eigenvalue weighted by Gasteiger charge is -2.14. The molecule has 121 heavy (non-hydrogen) atoms. The van der Waals surface area contributed by atoms with Crippen molar-refractivity contribution in [2.75, 3.05) is 81.7 Å². The standard InChI is InChI=1S/C21H20ClN5O2S.C21H18ClN5O2.C13H12N4O4.C8H6ClF3.C7H7ClN2O.C6H6N2O3.C4H8O.CH4O/c1-12-9-13(3-5-16(12)22)26-21(30)27-18-6-4-14(10-17(18)23)29-15-7-8-25-19(11-15)20(28)24-2;1-12-9-13(3-5-16(12)22)25-21-26-17-6-4-14(10-18(17)27-21)29-15-7-8-24-19(11-15)20(28)23-2;1-15-13(18)11-6-9(4-5-16-11)21-8-2-3-10(14)12(7-8)17(19)20;1-5-2-3-7(9)6(4-5)8(10,11)12;1-9-7(11)6-4-5(8)2-3-10-6;7-5-2-1-4(9)3-6(5)8(10)11;1-2-4-5-3-1;1-2/h3-11H,23H2,1-2H3,(H,24,28)(H2,26,27,30);3-11H,1-2H3,(H,23,28)(H2,25,26,27);2-7H,14H2,1H3,(H,15,18);2-4H,1H3;2-4H,1H3,(H,9,11);1-3,9H,7H2;1-4H2;2H,1H3. The van der Waals surface area contributed by atoms with Crippen LogP contribution >= 0.6 is 58.6 Å². The Bertz CT molecular complexity index is 5600. The van der Waals surface area contributed by atoms with Gasteiger partial charge in [0, 0.05) is 130 Å². The number of carbonyl (C=O) groups excluding carboxylic acids is 4. The fraction of sp³-hybridized carbons (Fsp3) is 0.160. The monoisotopic (exact) mass is 1760 g/mol. The van der Waals surface area contributed by atoms with Crippen LogP contribution in [0.15, 0.2) is 201 Å². The van der Waals surface area contributed by atoms with Crippen molar-refractivity contribution in [1.29, 1.82) is 0 Å². The van der Waals surface area contributed by atoms with Crippen LogP contribution in [0, 0.1) is 41.0 Å². The smallest absolute Gasteiger partial charge is 0.417 e. The van der Waals surface area contributed by atoms with Gasteiger partial charge in [0.15, 0.2) is 5.11 Å². The molecule has 1 saturated heterocycles. The van der Waals surface area contributed by atoms with Gasteiger partial charge in [0.25, 0.3) is 35.0 Å². The number of thiocarbonyl (C=S) groups is 1. The number of aromatic amines is 1. The zero-order chi connectivity index (χ0) is 89.0. The van der Waals surface area contributed by atoms with E-state index in [2.05, 4.69) is 67.1 Å². The Kier molecular flexibility index (Phi) is 37.8. The van der Waals surface area contributed by atoms with Crippen LogP contribution in [0.25, 0.3) is 11.0 Å². The van der Waals surface area contributed by atoms with E-state index in [0.717, 1.165) is 71.0 Å². The molecule has 5 aromatic heterocycles. The van der Waals surface area contributed by atoms with E-state index in [0.29, 0.717) is 72.5 Å². The number of alkyl halides is 3. The second-order valence-corrected chi connectivity index (χ2v) is 26.6. The number of nitro benzene ring substituents is 2. The number of pyridine rings is 4. The third kappa shape index (κ3) is 31.2. The summed E-state index contributed by atoms with van der Waals surface area (Å²) in [5.41, 5.74) is 23.6. The van der Waals surface area contributed by atoms with E-state index in [-0.39, 0.29) is 80.0 Å². The van der Waals surface area contributed by atoms with Gasteiger partial charge in [-0.15, -0.1) is 0 Å². The number of benzene rings is 7. The van der Waals surface area contributed by atoms with E-state index in [4.69, 9.17) is 105 Å². The van der Waals surface area contributed by atoms with Crippen molar-refractivity contribution in [3.8, 4) is 40.2 Å². The highest BCUT2D eigenvalue weighted by Gasteiger charge is 2.33. The number of rotatable bonds is 16. The summed E-state index contributed by atoms with van der Waals surface area (Å²) in [7, 11) is 7.13. The summed E-state index contributed by atoms with van der Waals surface area (Å²) in [4.78, 5) is 89.1. The van der Waals surface area contributed by atoms with Crippen molar-refractivity contribution >= 4 is 150 Å². The molecule has 0 spiro atoms. The molecular weight excluding hydrogens is 1680 g/mol. The van der Waals surface area contributed by atoms with Gasteiger partial charge in [0.1, 0.15) is 74.4 Å². The largest absolute Gasteiger partial charge is 0.508 e. The highest BCUT2D eigenvalue weighted by Crippen LogP contribution is 2.36. The number of aryl methyl sites for hydroxylation is 3. The van der Waals surface area contributed by atoms with E-state index < -0.39 is 21.6 Å². The van der Waals surface area contributed by atoms with Crippen LogP contribution in [0.5, 0.6) is 40.2 Å². The van der Waals surface area contributed by atoms with Crippen LogP contribution in [-0.4, -0.2) is 127 Å². The van der Waals surface area contributed by atoms with Gasteiger partial charge < -0.3 is 88.6 Å². The van der Waals surface area contributed by atoms with Crippen molar-refractivity contribution in [2.24, 2.45) is 0 Å². The number of phenols is 1. The molecule has 1 aliphatic rings. The van der Waals surface area contributed by atoms with Gasteiger partial charge in [-0.1, -0.05) is 58.0 Å². The number of halogens is 7. The van der Waals surface area contributed by atoms with E-state index in [1.807, 2.05) is 62.4 Å². The Morgan fingerprint density at radius 2 is 0.942 bits per heavy atom. The average molecular weight is 1760 g/mol. The molecule has 12 aromatic rings. The molecule has 32 nitrogen and oxygen atoms in total. The van der Waals surface area contributed by atoms with Gasteiger partial charge in [-0.05, 0) is 184 Å².